The van der Waals surface area contributed by atoms with Crippen LogP contribution in [0.25, 0.3) is 10.8 Å². The van der Waals surface area contributed by atoms with Gasteiger partial charge in [-0.15, -0.1) is 0 Å². The zero-order chi connectivity index (χ0) is 21.8. The summed E-state index contributed by atoms with van der Waals surface area (Å²) in [4.78, 5) is 2.15. The Kier molecular flexibility index (Phi) is 6.10. The van der Waals surface area contributed by atoms with E-state index in [0.717, 1.165) is 38.9 Å². The minimum Gasteiger partial charge on any atom is -0.507 e. The molecule has 4 nitrogen and oxygen atoms in total. The van der Waals surface area contributed by atoms with Gasteiger partial charge in [0.2, 0.25) is 0 Å². The molecule has 0 aliphatic carbocycles. The van der Waals surface area contributed by atoms with E-state index in [9.17, 15) is 5.11 Å². The van der Waals surface area contributed by atoms with Crippen LogP contribution in [0, 0.1) is 0 Å². The maximum absolute atomic E-state index is 11.5. The molecule has 4 heteroatoms. The lowest BCUT2D eigenvalue weighted by Crippen LogP contribution is -2.22. The number of hydrogen-bond donors (Lipinski definition) is 2. The van der Waals surface area contributed by atoms with Crippen molar-refractivity contribution in [3.8, 4) is 11.5 Å². The van der Waals surface area contributed by atoms with Crippen LogP contribution in [-0.4, -0.2) is 31.2 Å². The SMILES string of the molecule is COc1ccccc1NCc1cc2ccccc2c(C(c2ccccc2)N(C)C)c1O. The molecule has 0 saturated heterocycles. The summed E-state index contributed by atoms with van der Waals surface area (Å²) >= 11 is 0. The van der Waals surface area contributed by atoms with Crippen LogP contribution in [0.2, 0.25) is 0 Å². The number of phenolic OH excluding ortho intramolecular Hbond substituents is 1. The third-order valence-electron chi connectivity index (χ3n) is 5.62. The van der Waals surface area contributed by atoms with Crippen LogP contribution < -0.4 is 10.1 Å². The fourth-order valence-electron chi connectivity index (χ4n) is 4.18. The number of para-hydroxylation sites is 2. The molecule has 158 valence electrons. The highest BCUT2D eigenvalue weighted by Crippen LogP contribution is 2.41. The number of phenols is 1. The van der Waals surface area contributed by atoms with Gasteiger partial charge in [-0.2, -0.15) is 0 Å². The Hall–Kier alpha value is -3.50. The number of methoxy groups -OCH3 is 1. The molecule has 0 heterocycles. The van der Waals surface area contributed by atoms with E-state index in [0.29, 0.717) is 12.3 Å². The lowest BCUT2D eigenvalue weighted by molar-refractivity contribution is 0.333. The van der Waals surface area contributed by atoms with Crippen molar-refractivity contribution in [1.82, 2.24) is 4.90 Å². The second-order valence-corrected chi connectivity index (χ2v) is 7.85. The maximum atomic E-state index is 11.5. The predicted molar refractivity (Wildman–Crippen MR) is 128 cm³/mol. The molecule has 4 aromatic rings. The monoisotopic (exact) mass is 412 g/mol. The minimum absolute atomic E-state index is 0.0719. The largest absolute Gasteiger partial charge is 0.507 e. The number of anilines is 1. The van der Waals surface area contributed by atoms with Crippen molar-refractivity contribution < 1.29 is 9.84 Å². The van der Waals surface area contributed by atoms with Crippen molar-refractivity contribution in [2.24, 2.45) is 0 Å². The molecule has 0 bridgehead atoms. The summed E-state index contributed by atoms with van der Waals surface area (Å²) in [5, 5.41) is 17.1. The lowest BCUT2D eigenvalue weighted by Gasteiger charge is -2.28. The smallest absolute Gasteiger partial charge is 0.141 e. The van der Waals surface area contributed by atoms with E-state index in [1.165, 1.54) is 0 Å². The van der Waals surface area contributed by atoms with Crippen molar-refractivity contribution in [3.05, 3.63) is 102 Å². The van der Waals surface area contributed by atoms with Gasteiger partial charge in [0.1, 0.15) is 11.5 Å². The van der Waals surface area contributed by atoms with Gasteiger partial charge in [0.05, 0.1) is 18.8 Å². The van der Waals surface area contributed by atoms with Crippen LogP contribution in [0.5, 0.6) is 11.5 Å². The van der Waals surface area contributed by atoms with Crippen LogP contribution in [-0.2, 0) is 6.54 Å². The van der Waals surface area contributed by atoms with Crippen LogP contribution >= 0.6 is 0 Å². The topological polar surface area (TPSA) is 44.7 Å². The van der Waals surface area contributed by atoms with Crippen molar-refractivity contribution in [2.75, 3.05) is 26.5 Å². The van der Waals surface area contributed by atoms with E-state index in [1.54, 1.807) is 7.11 Å². The summed E-state index contributed by atoms with van der Waals surface area (Å²) in [6.45, 7) is 0.485. The van der Waals surface area contributed by atoms with Gasteiger partial charge >= 0.3 is 0 Å². The summed E-state index contributed by atoms with van der Waals surface area (Å²) in [6, 6.07) is 28.4. The zero-order valence-corrected chi connectivity index (χ0v) is 18.2. The molecule has 0 aromatic heterocycles. The van der Waals surface area contributed by atoms with Crippen LogP contribution in [0.15, 0.2) is 84.9 Å². The summed E-state index contributed by atoms with van der Waals surface area (Å²) in [5.74, 6) is 1.10. The normalized spacial score (nSPS) is 12.1. The predicted octanol–water partition coefficient (Wildman–Crippen LogP) is 5.82. The second kappa shape index (κ2) is 9.11. The molecule has 0 saturated carbocycles. The quantitative estimate of drug-likeness (QED) is 0.402. The van der Waals surface area contributed by atoms with E-state index in [-0.39, 0.29) is 6.04 Å². The summed E-state index contributed by atoms with van der Waals surface area (Å²) in [5.41, 5.74) is 3.81. The van der Waals surface area contributed by atoms with E-state index < -0.39 is 0 Å². The number of nitrogens with one attached hydrogen (secondary N) is 1. The third kappa shape index (κ3) is 4.21. The Labute approximate surface area is 183 Å². The number of fused-ring (bicyclic) bond motifs is 1. The van der Waals surface area contributed by atoms with Gasteiger partial charge in [0.15, 0.2) is 0 Å². The number of aromatic hydroxyl groups is 1. The number of hydrogen-bond acceptors (Lipinski definition) is 4. The molecule has 2 N–H and O–H groups in total. The molecule has 4 rings (SSSR count). The number of nitrogens with zero attached hydrogens (tertiary/aromatic N) is 1. The fourth-order valence-corrected chi connectivity index (χ4v) is 4.18. The van der Waals surface area contributed by atoms with E-state index in [1.807, 2.05) is 68.7 Å². The third-order valence-corrected chi connectivity index (χ3v) is 5.62. The number of ether oxygens (including phenoxy) is 1. The van der Waals surface area contributed by atoms with Gasteiger partial charge in [-0.25, -0.2) is 0 Å². The second-order valence-electron chi connectivity index (χ2n) is 7.85. The average molecular weight is 413 g/mol. The molecule has 1 unspecified atom stereocenters. The molecule has 0 fully saturated rings. The standard InChI is InChI=1S/C27H28N2O2/c1-29(2)26(19-11-5-4-6-12-19)25-22-14-8-7-13-20(22)17-21(27(25)30)18-28-23-15-9-10-16-24(23)31-3/h4-17,26,28,30H,18H2,1-3H3. The van der Waals surface area contributed by atoms with Gasteiger partial charge < -0.3 is 15.2 Å². The highest BCUT2D eigenvalue weighted by molar-refractivity contribution is 5.90. The Balaban J connectivity index is 1.82. The first-order chi connectivity index (χ1) is 15.1. The van der Waals surface area contributed by atoms with Gasteiger partial charge in [0.25, 0.3) is 0 Å². The summed E-state index contributed by atoms with van der Waals surface area (Å²) < 4.78 is 5.45. The Morgan fingerprint density at radius 1 is 0.903 bits per heavy atom. The average Bonchev–Trinajstić information content (AvgIpc) is 2.80. The molecular formula is C27H28N2O2. The first-order valence-electron chi connectivity index (χ1n) is 10.4. The van der Waals surface area contributed by atoms with Crippen molar-refractivity contribution in [2.45, 2.75) is 12.6 Å². The van der Waals surface area contributed by atoms with Gasteiger partial charge in [-0.3, -0.25) is 4.90 Å². The lowest BCUT2D eigenvalue weighted by atomic mass is 9.90. The summed E-state index contributed by atoms with van der Waals surface area (Å²) in [6.07, 6.45) is 0. The Bertz CT molecular complexity index is 1170. The Morgan fingerprint density at radius 3 is 2.32 bits per heavy atom. The molecule has 0 aliphatic rings. The van der Waals surface area contributed by atoms with Crippen molar-refractivity contribution >= 4 is 16.5 Å². The minimum atomic E-state index is -0.0719. The van der Waals surface area contributed by atoms with E-state index >= 15 is 0 Å². The van der Waals surface area contributed by atoms with Crippen LogP contribution in [0.4, 0.5) is 5.69 Å². The van der Waals surface area contributed by atoms with Gasteiger partial charge in [-0.05, 0) is 48.6 Å². The zero-order valence-electron chi connectivity index (χ0n) is 18.2. The van der Waals surface area contributed by atoms with Crippen molar-refractivity contribution in [1.29, 1.82) is 0 Å². The molecule has 31 heavy (non-hydrogen) atoms. The number of benzene rings is 4. The molecular weight excluding hydrogens is 384 g/mol. The molecule has 0 aliphatic heterocycles. The highest BCUT2D eigenvalue weighted by atomic mass is 16.5. The summed E-state index contributed by atoms with van der Waals surface area (Å²) in [7, 11) is 5.75. The molecule has 1 atom stereocenters. The fraction of sp³-hybridized carbons (Fsp3) is 0.185. The number of rotatable bonds is 7. The Morgan fingerprint density at radius 2 is 1.58 bits per heavy atom. The van der Waals surface area contributed by atoms with Crippen LogP contribution in [0.3, 0.4) is 0 Å². The van der Waals surface area contributed by atoms with Crippen LogP contribution in [0.1, 0.15) is 22.7 Å². The molecule has 0 spiro atoms. The van der Waals surface area contributed by atoms with Gasteiger partial charge in [0, 0.05) is 17.7 Å². The van der Waals surface area contributed by atoms with E-state index in [2.05, 4.69) is 40.5 Å². The highest BCUT2D eigenvalue weighted by Gasteiger charge is 2.24. The molecule has 4 aromatic carbocycles. The maximum Gasteiger partial charge on any atom is 0.141 e. The first-order valence-corrected chi connectivity index (χ1v) is 10.4. The first kappa shape index (κ1) is 20.8. The molecule has 0 amide bonds. The van der Waals surface area contributed by atoms with Crippen molar-refractivity contribution in [3.63, 3.8) is 0 Å². The van der Waals surface area contributed by atoms with Gasteiger partial charge in [-0.1, -0.05) is 66.7 Å². The van der Waals surface area contributed by atoms with E-state index in [4.69, 9.17) is 4.74 Å². The molecule has 0 radical (unpaired) electrons.